The Morgan fingerprint density at radius 1 is 1.60 bits per heavy atom. The number of hydrogen-bond donors (Lipinski definition) is 1. The second-order valence-electron chi connectivity index (χ2n) is 4.11. The normalized spacial score (nSPS) is 23.9. The molecule has 15 heavy (non-hydrogen) atoms. The van der Waals surface area contributed by atoms with E-state index in [9.17, 15) is 4.79 Å². The average molecular weight is 224 g/mol. The molecule has 1 aromatic rings. The van der Waals surface area contributed by atoms with E-state index in [0.29, 0.717) is 22.2 Å². The second-order valence-corrected chi connectivity index (χ2v) is 4.52. The molecule has 0 saturated heterocycles. The van der Waals surface area contributed by atoms with Crippen molar-refractivity contribution in [3.63, 3.8) is 0 Å². The van der Waals surface area contributed by atoms with Gasteiger partial charge in [-0.15, -0.1) is 0 Å². The van der Waals surface area contributed by atoms with Crippen molar-refractivity contribution in [2.45, 2.75) is 19.8 Å². The Hall–Kier alpha value is -1.02. The molecule has 1 fully saturated rings. The molecular weight excluding hydrogens is 210 g/mol. The van der Waals surface area contributed by atoms with Crippen LogP contribution in [0.1, 0.15) is 30.1 Å². The summed E-state index contributed by atoms with van der Waals surface area (Å²) in [7, 11) is 0. The molecule has 1 aromatic carbocycles. The van der Waals surface area contributed by atoms with Gasteiger partial charge in [-0.1, -0.05) is 24.9 Å². The molecule has 2 nitrogen and oxygen atoms in total. The summed E-state index contributed by atoms with van der Waals surface area (Å²) >= 11 is 5.99. The standard InChI is InChI=1S/C12H14ClNO/c1-2-7-5-10(7)12(15)9-4-3-8(14)6-11(9)13/h3-4,6-7,10H,2,5,14H2,1H3. The summed E-state index contributed by atoms with van der Waals surface area (Å²) in [5, 5.41) is 0.474. The van der Waals surface area contributed by atoms with E-state index in [4.69, 9.17) is 17.3 Å². The quantitative estimate of drug-likeness (QED) is 0.632. The molecule has 2 atom stereocenters. The maximum atomic E-state index is 12.0. The highest BCUT2D eigenvalue weighted by Crippen LogP contribution is 2.44. The fourth-order valence-electron chi connectivity index (χ4n) is 1.95. The second kappa shape index (κ2) is 3.86. The Morgan fingerprint density at radius 3 is 2.87 bits per heavy atom. The molecule has 0 amide bonds. The van der Waals surface area contributed by atoms with E-state index < -0.39 is 0 Å². The molecule has 0 spiro atoms. The van der Waals surface area contributed by atoms with E-state index >= 15 is 0 Å². The van der Waals surface area contributed by atoms with Crippen molar-refractivity contribution < 1.29 is 4.79 Å². The molecule has 3 heteroatoms. The minimum absolute atomic E-state index is 0.173. The zero-order valence-corrected chi connectivity index (χ0v) is 9.42. The first-order valence-electron chi connectivity index (χ1n) is 5.22. The summed E-state index contributed by atoms with van der Waals surface area (Å²) in [5.74, 6) is 0.925. The third-order valence-electron chi connectivity index (χ3n) is 3.04. The highest BCUT2D eigenvalue weighted by Gasteiger charge is 2.41. The molecule has 80 valence electrons. The van der Waals surface area contributed by atoms with Crippen LogP contribution in [0.5, 0.6) is 0 Å². The zero-order chi connectivity index (χ0) is 11.0. The SMILES string of the molecule is CCC1CC1C(=O)c1ccc(N)cc1Cl. The van der Waals surface area contributed by atoms with Gasteiger partial charge in [-0.05, 0) is 30.5 Å². The molecule has 1 aliphatic rings. The molecule has 2 N–H and O–H groups in total. The number of ketones is 1. The number of hydrogen-bond acceptors (Lipinski definition) is 2. The lowest BCUT2D eigenvalue weighted by Crippen LogP contribution is -2.04. The number of halogens is 1. The number of carbonyl (C=O) groups excluding carboxylic acids is 1. The topological polar surface area (TPSA) is 43.1 Å². The van der Waals surface area contributed by atoms with Crippen molar-refractivity contribution >= 4 is 23.1 Å². The van der Waals surface area contributed by atoms with E-state index in [1.807, 2.05) is 0 Å². The number of anilines is 1. The Morgan fingerprint density at radius 2 is 2.33 bits per heavy atom. The zero-order valence-electron chi connectivity index (χ0n) is 8.66. The molecule has 1 saturated carbocycles. The van der Waals surface area contributed by atoms with Gasteiger partial charge in [0, 0.05) is 17.2 Å². The van der Waals surface area contributed by atoms with Gasteiger partial charge in [0.2, 0.25) is 0 Å². The molecular formula is C12H14ClNO. The van der Waals surface area contributed by atoms with Crippen molar-refractivity contribution in [2.75, 3.05) is 5.73 Å². The lowest BCUT2D eigenvalue weighted by molar-refractivity contribution is 0.0961. The van der Waals surface area contributed by atoms with Gasteiger partial charge in [-0.3, -0.25) is 4.79 Å². The van der Waals surface area contributed by atoms with Crippen molar-refractivity contribution in [1.82, 2.24) is 0 Å². The molecule has 0 aromatic heterocycles. The largest absolute Gasteiger partial charge is 0.399 e. The predicted octanol–water partition coefficient (Wildman–Crippen LogP) is 3.15. The summed E-state index contributed by atoms with van der Waals surface area (Å²) in [4.78, 5) is 12.0. The Balaban J connectivity index is 2.20. The number of rotatable bonds is 3. The first-order chi connectivity index (χ1) is 7.13. The van der Waals surface area contributed by atoms with Gasteiger partial charge >= 0.3 is 0 Å². The lowest BCUT2D eigenvalue weighted by Gasteiger charge is -2.03. The predicted molar refractivity (Wildman–Crippen MR) is 62.1 cm³/mol. The minimum Gasteiger partial charge on any atom is -0.399 e. The first kappa shape index (κ1) is 10.5. The minimum atomic E-state index is 0.173. The number of benzene rings is 1. The molecule has 2 rings (SSSR count). The van der Waals surface area contributed by atoms with Gasteiger partial charge in [-0.2, -0.15) is 0 Å². The van der Waals surface area contributed by atoms with E-state index in [0.717, 1.165) is 12.8 Å². The summed E-state index contributed by atoms with van der Waals surface area (Å²) in [5.41, 5.74) is 6.79. The Kier molecular flexibility index (Phi) is 2.70. The fourth-order valence-corrected chi connectivity index (χ4v) is 2.23. The summed E-state index contributed by atoms with van der Waals surface area (Å²) in [6.07, 6.45) is 2.08. The molecule has 0 bridgehead atoms. The summed E-state index contributed by atoms with van der Waals surface area (Å²) < 4.78 is 0. The van der Waals surface area contributed by atoms with Crippen molar-refractivity contribution in [1.29, 1.82) is 0 Å². The van der Waals surface area contributed by atoms with Crippen molar-refractivity contribution in [2.24, 2.45) is 11.8 Å². The summed E-state index contributed by atoms with van der Waals surface area (Å²) in [6, 6.07) is 5.09. The first-order valence-corrected chi connectivity index (χ1v) is 5.60. The monoisotopic (exact) mass is 223 g/mol. The van der Waals surface area contributed by atoms with Gasteiger partial charge in [-0.25, -0.2) is 0 Å². The lowest BCUT2D eigenvalue weighted by atomic mass is 10.0. The smallest absolute Gasteiger partial charge is 0.167 e. The van der Waals surface area contributed by atoms with Crippen LogP contribution < -0.4 is 5.73 Å². The number of Topliss-reactive ketones (excluding diaryl/α,β-unsaturated/α-hetero) is 1. The highest BCUT2D eigenvalue weighted by molar-refractivity contribution is 6.34. The maximum absolute atomic E-state index is 12.0. The van der Waals surface area contributed by atoms with Gasteiger partial charge in [0.05, 0.1) is 5.02 Å². The number of carbonyl (C=O) groups is 1. The maximum Gasteiger partial charge on any atom is 0.167 e. The van der Waals surface area contributed by atoms with Gasteiger partial charge in [0.1, 0.15) is 0 Å². The number of nitrogen functional groups attached to an aromatic ring is 1. The van der Waals surface area contributed by atoms with Crippen molar-refractivity contribution in [3.8, 4) is 0 Å². The third kappa shape index (κ3) is 2.00. The molecule has 2 unspecified atom stereocenters. The molecule has 0 radical (unpaired) electrons. The van der Waals surface area contributed by atoms with Crippen LogP contribution in [0, 0.1) is 11.8 Å². The van der Waals surface area contributed by atoms with Crippen LogP contribution in [-0.2, 0) is 0 Å². The summed E-state index contributed by atoms with van der Waals surface area (Å²) in [6.45, 7) is 2.11. The van der Waals surface area contributed by atoms with E-state index in [1.54, 1.807) is 18.2 Å². The van der Waals surface area contributed by atoms with Crippen LogP contribution in [0.4, 0.5) is 5.69 Å². The number of nitrogens with two attached hydrogens (primary N) is 1. The van der Waals surface area contributed by atoms with Crippen molar-refractivity contribution in [3.05, 3.63) is 28.8 Å². The van der Waals surface area contributed by atoms with Crippen LogP contribution in [0.15, 0.2) is 18.2 Å². The van der Waals surface area contributed by atoms with Crippen LogP contribution in [0.3, 0.4) is 0 Å². The Bertz CT molecular complexity index is 403. The molecule has 0 heterocycles. The van der Waals surface area contributed by atoms with E-state index in [-0.39, 0.29) is 11.7 Å². The Labute approximate surface area is 94.4 Å². The third-order valence-corrected chi connectivity index (χ3v) is 3.36. The van der Waals surface area contributed by atoms with E-state index in [1.165, 1.54) is 0 Å². The van der Waals surface area contributed by atoms with Crippen LogP contribution in [0.2, 0.25) is 5.02 Å². The van der Waals surface area contributed by atoms with Crippen LogP contribution >= 0.6 is 11.6 Å². The van der Waals surface area contributed by atoms with Crippen LogP contribution in [-0.4, -0.2) is 5.78 Å². The fraction of sp³-hybridized carbons (Fsp3) is 0.417. The highest BCUT2D eigenvalue weighted by atomic mass is 35.5. The van der Waals surface area contributed by atoms with E-state index in [2.05, 4.69) is 6.92 Å². The van der Waals surface area contributed by atoms with Gasteiger partial charge < -0.3 is 5.73 Å². The average Bonchev–Trinajstić information content (AvgIpc) is 2.95. The van der Waals surface area contributed by atoms with Crippen LogP contribution in [0.25, 0.3) is 0 Å². The van der Waals surface area contributed by atoms with Gasteiger partial charge in [0.15, 0.2) is 5.78 Å². The molecule has 0 aliphatic heterocycles. The molecule has 1 aliphatic carbocycles. The van der Waals surface area contributed by atoms with Gasteiger partial charge in [0.25, 0.3) is 0 Å².